The zero-order chi connectivity index (χ0) is 14.5. The van der Waals surface area contributed by atoms with Gasteiger partial charge in [0.2, 0.25) is 0 Å². The summed E-state index contributed by atoms with van der Waals surface area (Å²) in [7, 11) is 0. The monoisotopic (exact) mass is 330 g/mol. The average molecular weight is 332 g/mol. The third-order valence-corrected chi connectivity index (χ3v) is 4.23. The lowest BCUT2D eigenvalue weighted by atomic mass is 9.94. The van der Waals surface area contributed by atoms with E-state index in [1.807, 2.05) is 24.3 Å². The molecule has 0 aliphatic rings. The highest BCUT2D eigenvalue weighted by molar-refractivity contribution is 6.31. The SMILES string of the molecule is Fc1ccc(Cl)c(CC(CCl)Cc2ccc(Cl)cc2)c1. The van der Waals surface area contributed by atoms with Crippen LogP contribution in [0.2, 0.25) is 10.0 Å². The molecule has 0 aliphatic heterocycles. The Morgan fingerprint density at radius 3 is 2.30 bits per heavy atom. The second kappa shape index (κ2) is 7.31. The highest BCUT2D eigenvalue weighted by atomic mass is 35.5. The smallest absolute Gasteiger partial charge is 0.123 e. The summed E-state index contributed by atoms with van der Waals surface area (Å²) in [5.41, 5.74) is 1.96. The molecule has 20 heavy (non-hydrogen) atoms. The third-order valence-electron chi connectivity index (χ3n) is 3.17. The first-order valence-electron chi connectivity index (χ1n) is 6.33. The summed E-state index contributed by atoms with van der Waals surface area (Å²) < 4.78 is 13.3. The van der Waals surface area contributed by atoms with Crippen LogP contribution in [-0.2, 0) is 12.8 Å². The maximum Gasteiger partial charge on any atom is 0.123 e. The van der Waals surface area contributed by atoms with Gasteiger partial charge in [0.05, 0.1) is 0 Å². The predicted octanol–water partition coefficient (Wildman–Crippen LogP) is 5.77. The van der Waals surface area contributed by atoms with E-state index in [1.165, 1.54) is 12.1 Å². The Kier molecular flexibility index (Phi) is 5.71. The minimum absolute atomic E-state index is 0.206. The fraction of sp³-hybridized carbons (Fsp3) is 0.250. The first kappa shape index (κ1) is 15.6. The molecule has 0 amide bonds. The Balaban J connectivity index is 2.08. The number of hydrogen-bond donors (Lipinski definition) is 0. The molecule has 2 aromatic rings. The quantitative estimate of drug-likeness (QED) is 0.610. The molecule has 0 saturated heterocycles. The van der Waals surface area contributed by atoms with E-state index in [4.69, 9.17) is 34.8 Å². The van der Waals surface area contributed by atoms with E-state index in [2.05, 4.69) is 0 Å². The van der Waals surface area contributed by atoms with E-state index in [1.54, 1.807) is 6.07 Å². The maximum atomic E-state index is 13.3. The van der Waals surface area contributed by atoms with Crippen LogP contribution >= 0.6 is 34.8 Å². The topological polar surface area (TPSA) is 0 Å². The first-order chi connectivity index (χ1) is 9.58. The minimum Gasteiger partial charge on any atom is -0.207 e. The molecular weight excluding hydrogens is 318 g/mol. The lowest BCUT2D eigenvalue weighted by Crippen LogP contribution is -2.10. The van der Waals surface area contributed by atoms with Crippen LogP contribution in [-0.4, -0.2) is 5.88 Å². The maximum absolute atomic E-state index is 13.3. The van der Waals surface area contributed by atoms with Crippen molar-refractivity contribution in [2.24, 2.45) is 5.92 Å². The Morgan fingerprint density at radius 1 is 0.950 bits per heavy atom. The lowest BCUT2D eigenvalue weighted by Gasteiger charge is -2.15. The van der Waals surface area contributed by atoms with Gasteiger partial charge in [-0.25, -0.2) is 4.39 Å². The van der Waals surface area contributed by atoms with Gasteiger partial charge in [0.1, 0.15) is 5.82 Å². The zero-order valence-corrected chi connectivity index (χ0v) is 13.0. The normalized spacial score (nSPS) is 12.4. The van der Waals surface area contributed by atoms with Gasteiger partial charge in [-0.3, -0.25) is 0 Å². The van der Waals surface area contributed by atoms with Crippen LogP contribution < -0.4 is 0 Å². The van der Waals surface area contributed by atoms with Crippen LogP contribution in [0.15, 0.2) is 42.5 Å². The van der Waals surface area contributed by atoms with Crippen LogP contribution in [0.1, 0.15) is 11.1 Å². The van der Waals surface area contributed by atoms with Gasteiger partial charge in [-0.05, 0) is 60.2 Å². The molecule has 2 aromatic carbocycles. The summed E-state index contributed by atoms with van der Waals surface area (Å²) in [4.78, 5) is 0. The molecule has 4 heteroatoms. The second-order valence-corrected chi connectivity index (χ2v) is 5.94. The number of benzene rings is 2. The minimum atomic E-state index is -0.274. The van der Waals surface area contributed by atoms with E-state index in [0.717, 1.165) is 17.5 Å². The average Bonchev–Trinajstić information content (AvgIpc) is 2.44. The Labute approximate surface area is 133 Å². The predicted molar refractivity (Wildman–Crippen MR) is 84.5 cm³/mol. The Hall–Kier alpha value is -0.760. The molecule has 0 N–H and O–H groups in total. The van der Waals surface area contributed by atoms with E-state index in [9.17, 15) is 4.39 Å². The Bertz CT molecular complexity index is 566. The van der Waals surface area contributed by atoms with Crippen LogP contribution in [0.3, 0.4) is 0 Å². The molecule has 1 unspecified atom stereocenters. The molecule has 0 radical (unpaired) electrons. The molecule has 2 rings (SSSR count). The Morgan fingerprint density at radius 2 is 1.65 bits per heavy atom. The van der Waals surface area contributed by atoms with E-state index >= 15 is 0 Å². The zero-order valence-electron chi connectivity index (χ0n) is 10.8. The molecule has 1 atom stereocenters. The molecule has 0 fully saturated rings. The summed E-state index contributed by atoms with van der Waals surface area (Å²) in [6.45, 7) is 0. The van der Waals surface area contributed by atoms with Gasteiger partial charge >= 0.3 is 0 Å². The van der Waals surface area contributed by atoms with E-state index in [-0.39, 0.29) is 11.7 Å². The van der Waals surface area contributed by atoms with Gasteiger partial charge in [0.15, 0.2) is 0 Å². The van der Waals surface area contributed by atoms with Crippen molar-refractivity contribution < 1.29 is 4.39 Å². The largest absolute Gasteiger partial charge is 0.207 e. The van der Waals surface area contributed by atoms with Gasteiger partial charge in [-0.1, -0.05) is 35.3 Å². The molecule has 106 valence electrons. The van der Waals surface area contributed by atoms with Crippen molar-refractivity contribution in [3.05, 3.63) is 69.5 Å². The lowest BCUT2D eigenvalue weighted by molar-refractivity contribution is 0.576. The molecule has 0 heterocycles. The summed E-state index contributed by atoms with van der Waals surface area (Å²) in [6.07, 6.45) is 1.47. The molecule has 0 saturated carbocycles. The van der Waals surface area contributed by atoms with Gasteiger partial charge < -0.3 is 0 Å². The molecular formula is C16H14Cl3F. The number of halogens is 4. The van der Waals surface area contributed by atoms with Crippen LogP contribution in [0.25, 0.3) is 0 Å². The standard InChI is InChI=1S/C16H14Cl3F/c17-10-12(7-11-1-3-14(18)4-2-11)8-13-9-15(20)5-6-16(13)19/h1-6,9,12H,7-8,10H2. The van der Waals surface area contributed by atoms with Crippen molar-refractivity contribution in [2.45, 2.75) is 12.8 Å². The summed E-state index contributed by atoms with van der Waals surface area (Å²) in [6, 6.07) is 12.1. The summed E-state index contributed by atoms with van der Waals surface area (Å²) >= 11 is 18.0. The van der Waals surface area contributed by atoms with Gasteiger partial charge in [-0.15, -0.1) is 11.6 Å². The second-order valence-electron chi connectivity index (χ2n) is 4.79. The molecule has 0 aliphatic carbocycles. The molecule has 0 bridgehead atoms. The van der Waals surface area contributed by atoms with Crippen molar-refractivity contribution in [2.75, 3.05) is 5.88 Å². The number of rotatable bonds is 5. The van der Waals surface area contributed by atoms with Gasteiger partial charge in [-0.2, -0.15) is 0 Å². The van der Waals surface area contributed by atoms with Crippen molar-refractivity contribution >= 4 is 34.8 Å². The van der Waals surface area contributed by atoms with Crippen molar-refractivity contribution in [1.29, 1.82) is 0 Å². The van der Waals surface area contributed by atoms with Crippen molar-refractivity contribution in [3.63, 3.8) is 0 Å². The van der Waals surface area contributed by atoms with Gasteiger partial charge in [0.25, 0.3) is 0 Å². The summed E-state index contributed by atoms with van der Waals surface area (Å²) in [5.74, 6) is 0.427. The first-order valence-corrected chi connectivity index (χ1v) is 7.62. The van der Waals surface area contributed by atoms with Crippen LogP contribution in [0.4, 0.5) is 4.39 Å². The number of hydrogen-bond acceptors (Lipinski definition) is 0. The van der Waals surface area contributed by atoms with Crippen molar-refractivity contribution in [1.82, 2.24) is 0 Å². The third kappa shape index (κ3) is 4.37. The van der Waals surface area contributed by atoms with E-state index in [0.29, 0.717) is 22.3 Å². The molecule has 0 aromatic heterocycles. The molecule has 0 spiro atoms. The fourth-order valence-corrected chi connectivity index (χ4v) is 2.68. The summed E-state index contributed by atoms with van der Waals surface area (Å²) in [5, 5.41) is 1.29. The van der Waals surface area contributed by atoms with Crippen LogP contribution in [0, 0.1) is 11.7 Å². The van der Waals surface area contributed by atoms with E-state index < -0.39 is 0 Å². The molecule has 0 nitrogen and oxygen atoms in total. The fourth-order valence-electron chi connectivity index (χ4n) is 2.15. The van der Waals surface area contributed by atoms with Gasteiger partial charge in [0, 0.05) is 15.9 Å². The highest BCUT2D eigenvalue weighted by Crippen LogP contribution is 2.23. The highest BCUT2D eigenvalue weighted by Gasteiger charge is 2.12. The van der Waals surface area contributed by atoms with Crippen molar-refractivity contribution in [3.8, 4) is 0 Å². The number of alkyl halides is 1. The van der Waals surface area contributed by atoms with Crippen LogP contribution in [0.5, 0.6) is 0 Å².